The van der Waals surface area contributed by atoms with Crippen LogP contribution in [-0.4, -0.2) is 31.9 Å². The number of rotatable bonds is 3. The second-order valence-electron chi connectivity index (χ2n) is 3.56. The zero-order valence-electron chi connectivity index (χ0n) is 9.05. The number of aromatic hydroxyl groups is 1. The molecule has 0 radical (unpaired) electrons. The van der Waals surface area contributed by atoms with Crippen LogP contribution in [0.3, 0.4) is 0 Å². The molecular formula is C11H14ClNO3. The SMILES string of the molecule is CNCCc1c(O)c(Cl)cc2c1OCCO2. The first kappa shape index (κ1) is 11.4. The third-order valence-electron chi connectivity index (χ3n) is 2.48. The van der Waals surface area contributed by atoms with E-state index in [9.17, 15) is 5.11 Å². The molecular weight excluding hydrogens is 230 g/mol. The molecule has 88 valence electrons. The molecule has 0 aliphatic carbocycles. The van der Waals surface area contributed by atoms with E-state index in [0.717, 1.165) is 6.54 Å². The molecule has 4 nitrogen and oxygen atoms in total. The Hall–Kier alpha value is -1.13. The predicted molar refractivity (Wildman–Crippen MR) is 61.7 cm³/mol. The van der Waals surface area contributed by atoms with Gasteiger partial charge in [0.2, 0.25) is 0 Å². The van der Waals surface area contributed by atoms with Crippen molar-refractivity contribution >= 4 is 11.6 Å². The number of ether oxygens (including phenoxy) is 2. The van der Waals surface area contributed by atoms with Crippen molar-refractivity contribution < 1.29 is 14.6 Å². The van der Waals surface area contributed by atoms with E-state index in [1.54, 1.807) is 6.07 Å². The Bertz CT molecular complexity index is 395. The average Bonchev–Trinajstić information content (AvgIpc) is 2.30. The maximum atomic E-state index is 9.88. The molecule has 1 aliphatic heterocycles. The minimum absolute atomic E-state index is 0.0844. The summed E-state index contributed by atoms with van der Waals surface area (Å²) in [6, 6.07) is 1.59. The van der Waals surface area contributed by atoms with Crippen LogP contribution in [0.25, 0.3) is 0 Å². The third-order valence-corrected chi connectivity index (χ3v) is 2.77. The molecule has 2 rings (SSSR count). The van der Waals surface area contributed by atoms with Gasteiger partial charge in [-0.1, -0.05) is 11.6 Å². The first-order valence-corrected chi connectivity index (χ1v) is 5.56. The number of phenols is 1. The third kappa shape index (κ3) is 2.03. The standard InChI is InChI=1S/C11H14ClNO3/c1-13-3-2-7-10(14)8(12)6-9-11(7)16-5-4-15-9/h6,13-14H,2-5H2,1H3. The predicted octanol–water partition coefficient (Wildman–Crippen LogP) is 1.58. The van der Waals surface area contributed by atoms with Gasteiger partial charge in [-0.25, -0.2) is 0 Å². The van der Waals surface area contributed by atoms with Gasteiger partial charge in [-0.05, 0) is 20.0 Å². The van der Waals surface area contributed by atoms with Gasteiger partial charge in [0, 0.05) is 11.6 Å². The van der Waals surface area contributed by atoms with Crippen LogP contribution in [0.1, 0.15) is 5.56 Å². The van der Waals surface area contributed by atoms with Crippen LogP contribution in [0.2, 0.25) is 5.02 Å². The summed E-state index contributed by atoms with van der Waals surface area (Å²) in [5, 5.41) is 13.2. The molecule has 0 saturated heterocycles. The van der Waals surface area contributed by atoms with Gasteiger partial charge in [0.25, 0.3) is 0 Å². The summed E-state index contributed by atoms with van der Waals surface area (Å²) < 4.78 is 11.0. The number of phenolic OH excluding ortho intramolecular Hbond substituents is 1. The highest BCUT2D eigenvalue weighted by molar-refractivity contribution is 6.32. The summed E-state index contributed by atoms with van der Waals surface area (Å²) in [5.41, 5.74) is 0.705. The molecule has 0 unspecified atom stereocenters. The van der Waals surface area contributed by atoms with Gasteiger partial charge in [0.15, 0.2) is 11.5 Å². The molecule has 0 fully saturated rings. The number of nitrogens with one attached hydrogen (secondary N) is 1. The lowest BCUT2D eigenvalue weighted by atomic mass is 10.1. The van der Waals surface area contributed by atoms with Crippen molar-refractivity contribution in [1.82, 2.24) is 5.32 Å². The first-order chi connectivity index (χ1) is 7.74. The normalized spacial score (nSPS) is 13.9. The lowest BCUT2D eigenvalue weighted by molar-refractivity contribution is 0.169. The molecule has 16 heavy (non-hydrogen) atoms. The maximum absolute atomic E-state index is 9.88. The van der Waals surface area contributed by atoms with Crippen molar-refractivity contribution in [3.05, 3.63) is 16.7 Å². The summed E-state index contributed by atoms with van der Waals surface area (Å²) in [5.74, 6) is 1.31. The van der Waals surface area contributed by atoms with Crippen LogP contribution in [-0.2, 0) is 6.42 Å². The molecule has 1 heterocycles. The molecule has 1 aromatic carbocycles. The zero-order chi connectivity index (χ0) is 11.5. The molecule has 5 heteroatoms. The van der Waals surface area contributed by atoms with Crippen molar-refractivity contribution in [2.75, 3.05) is 26.8 Å². The molecule has 0 saturated carbocycles. The van der Waals surface area contributed by atoms with Crippen molar-refractivity contribution in [3.63, 3.8) is 0 Å². The zero-order valence-corrected chi connectivity index (χ0v) is 9.80. The Balaban J connectivity index is 2.41. The van der Waals surface area contributed by atoms with E-state index in [1.807, 2.05) is 7.05 Å². The van der Waals surface area contributed by atoms with E-state index in [1.165, 1.54) is 0 Å². The van der Waals surface area contributed by atoms with Crippen molar-refractivity contribution in [3.8, 4) is 17.2 Å². The number of hydrogen-bond acceptors (Lipinski definition) is 4. The average molecular weight is 244 g/mol. The second kappa shape index (κ2) is 4.80. The minimum atomic E-state index is 0.0844. The van der Waals surface area contributed by atoms with E-state index in [0.29, 0.717) is 41.7 Å². The van der Waals surface area contributed by atoms with Crippen LogP contribution in [0.15, 0.2) is 6.07 Å². The monoisotopic (exact) mass is 243 g/mol. The first-order valence-electron chi connectivity index (χ1n) is 5.18. The second-order valence-corrected chi connectivity index (χ2v) is 3.97. The van der Waals surface area contributed by atoms with Crippen LogP contribution in [0.5, 0.6) is 17.2 Å². The molecule has 0 atom stereocenters. The quantitative estimate of drug-likeness (QED) is 0.846. The Labute approximate surface area is 99.1 Å². The van der Waals surface area contributed by atoms with Gasteiger partial charge in [-0.2, -0.15) is 0 Å². The molecule has 0 aromatic heterocycles. The van der Waals surface area contributed by atoms with Crippen LogP contribution in [0, 0.1) is 0 Å². The highest BCUT2D eigenvalue weighted by Gasteiger charge is 2.21. The fourth-order valence-corrected chi connectivity index (χ4v) is 1.91. The Morgan fingerprint density at radius 1 is 1.44 bits per heavy atom. The van der Waals surface area contributed by atoms with Crippen molar-refractivity contribution in [2.24, 2.45) is 0 Å². The van der Waals surface area contributed by atoms with Crippen LogP contribution in [0.4, 0.5) is 0 Å². The lowest BCUT2D eigenvalue weighted by Gasteiger charge is -2.22. The van der Waals surface area contributed by atoms with Crippen LogP contribution < -0.4 is 14.8 Å². The molecule has 0 bridgehead atoms. The van der Waals surface area contributed by atoms with Gasteiger partial charge in [-0.3, -0.25) is 0 Å². The van der Waals surface area contributed by atoms with Gasteiger partial charge >= 0.3 is 0 Å². The fourth-order valence-electron chi connectivity index (χ4n) is 1.69. The summed E-state index contributed by atoms with van der Waals surface area (Å²) >= 11 is 5.92. The maximum Gasteiger partial charge on any atom is 0.168 e. The number of halogens is 1. The Morgan fingerprint density at radius 3 is 2.94 bits per heavy atom. The van der Waals surface area contributed by atoms with Crippen molar-refractivity contribution in [2.45, 2.75) is 6.42 Å². The van der Waals surface area contributed by atoms with E-state index in [4.69, 9.17) is 21.1 Å². The van der Waals surface area contributed by atoms with Gasteiger partial charge in [0.05, 0.1) is 5.02 Å². The molecule has 0 amide bonds. The van der Waals surface area contributed by atoms with Crippen LogP contribution >= 0.6 is 11.6 Å². The number of likely N-dealkylation sites (N-methyl/N-ethyl adjacent to an activating group) is 1. The lowest BCUT2D eigenvalue weighted by Crippen LogP contribution is -2.18. The Kier molecular flexibility index (Phi) is 3.41. The highest BCUT2D eigenvalue weighted by Crippen LogP contribution is 2.43. The molecule has 2 N–H and O–H groups in total. The summed E-state index contributed by atoms with van der Waals surface area (Å²) in [4.78, 5) is 0. The van der Waals surface area contributed by atoms with E-state index < -0.39 is 0 Å². The molecule has 1 aromatic rings. The van der Waals surface area contributed by atoms with Gasteiger partial charge in [-0.15, -0.1) is 0 Å². The fraction of sp³-hybridized carbons (Fsp3) is 0.455. The molecule has 0 spiro atoms. The van der Waals surface area contributed by atoms with Gasteiger partial charge < -0.3 is 19.9 Å². The topological polar surface area (TPSA) is 50.7 Å². The van der Waals surface area contributed by atoms with E-state index in [-0.39, 0.29) is 5.75 Å². The summed E-state index contributed by atoms with van der Waals surface area (Å²) in [6.45, 7) is 1.75. The van der Waals surface area contributed by atoms with E-state index >= 15 is 0 Å². The number of benzene rings is 1. The number of hydrogen-bond donors (Lipinski definition) is 2. The Morgan fingerprint density at radius 2 is 2.19 bits per heavy atom. The smallest absolute Gasteiger partial charge is 0.168 e. The number of fused-ring (bicyclic) bond motifs is 1. The van der Waals surface area contributed by atoms with E-state index in [2.05, 4.69) is 5.32 Å². The summed E-state index contributed by atoms with van der Waals surface area (Å²) in [6.07, 6.45) is 0.647. The highest BCUT2D eigenvalue weighted by atomic mass is 35.5. The summed E-state index contributed by atoms with van der Waals surface area (Å²) in [7, 11) is 1.85. The minimum Gasteiger partial charge on any atom is -0.506 e. The van der Waals surface area contributed by atoms with Crippen molar-refractivity contribution in [1.29, 1.82) is 0 Å². The molecule has 1 aliphatic rings. The largest absolute Gasteiger partial charge is 0.506 e. The van der Waals surface area contributed by atoms with Gasteiger partial charge in [0.1, 0.15) is 19.0 Å².